The zero-order valence-corrected chi connectivity index (χ0v) is 10.2. The molecule has 2 aromatic rings. The van der Waals surface area contributed by atoms with E-state index in [4.69, 9.17) is 23.2 Å². The summed E-state index contributed by atoms with van der Waals surface area (Å²) in [5, 5.41) is 0. The van der Waals surface area contributed by atoms with Gasteiger partial charge in [-0.25, -0.2) is 4.39 Å². The molecule has 1 heterocycles. The molecule has 2 rings (SSSR count). The molecular weight excluding hydrogens is 270 g/mol. The fourth-order valence-corrected chi connectivity index (χ4v) is 2.74. The molecule has 0 saturated heterocycles. The highest BCUT2D eigenvalue weighted by molar-refractivity contribution is 7.20. The molecule has 0 aliphatic rings. The molecule has 0 atom stereocenters. The Labute approximate surface area is 105 Å². The predicted molar refractivity (Wildman–Crippen MR) is 64.2 cm³/mol. The first kappa shape index (κ1) is 11.6. The lowest BCUT2D eigenvalue weighted by molar-refractivity contribution is 0.103. The van der Waals surface area contributed by atoms with Crippen molar-refractivity contribution in [1.29, 1.82) is 0 Å². The van der Waals surface area contributed by atoms with Crippen molar-refractivity contribution in [2.24, 2.45) is 0 Å². The zero-order valence-electron chi connectivity index (χ0n) is 7.84. The normalized spacial score (nSPS) is 10.4. The summed E-state index contributed by atoms with van der Waals surface area (Å²) in [4.78, 5) is 11.9. The molecule has 5 heteroatoms. The highest BCUT2D eigenvalue weighted by atomic mass is 35.5. The molecule has 82 valence electrons. The SMILES string of the molecule is O=C(c1cccc(F)c1)c1cc(Cl)sc1Cl. The van der Waals surface area contributed by atoms with Crippen molar-refractivity contribution in [3.05, 3.63) is 55.9 Å². The quantitative estimate of drug-likeness (QED) is 0.741. The highest BCUT2D eigenvalue weighted by Crippen LogP contribution is 2.32. The van der Waals surface area contributed by atoms with E-state index >= 15 is 0 Å². The lowest BCUT2D eigenvalue weighted by Gasteiger charge is -1.98. The van der Waals surface area contributed by atoms with E-state index < -0.39 is 5.82 Å². The summed E-state index contributed by atoms with van der Waals surface area (Å²) in [6.45, 7) is 0. The van der Waals surface area contributed by atoms with Crippen molar-refractivity contribution < 1.29 is 9.18 Å². The van der Waals surface area contributed by atoms with Crippen molar-refractivity contribution in [2.75, 3.05) is 0 Å². The maximum Gasteiger partial charge on any atom is 0.195 e. The van der Waals surface area contributed by atoms with Crippen LogP contribution in [-0.2, 0) is 0 Å². The minimum absolute atomic E-state index is 0.261. The molecule has 0 unspecified atom stereocenters. The number of hydrogen-bond acceptors (Lipinski definition) is 2. The van der Waals surface area contributed by atoms with Crippen LogP contribution in [0, 0.1) is 5.82 Å². The van der Waals surface area contributed by atoms with Gasteiger partial charge in [-0.1, -0.05) is 35.3 Å². The molecule has 1 aromatic heterocycles. The zero-order chi connectivity index (χ0) is 11.7. The van der Waals surface area contributed by atoms with Gasteiger partial charge in [-0.05, 0) is 18.2 Å². The molecule has 0 radical (unpaired) electrons. The van der Waals surface area contributed by atoms with Gasteiger partial charge in [0, 0.05) is 5.56 Å². The van der Waals surface area contributed by atoms with Crippen LogP contribution in [0.15, 0.2) is 30.3 Å². The minimum atomic E-state index is -0.455. The van der Waals surface area contributed by atoms with Gasteiger partial charge >= 0.3 is 0 Å². The molecule has 0 aliphatic carbocycles. The van der Waals surface area contributed by atoms with Crippen molar-refractivity contribution >= 4 is 40.3 Å². The summed E-state index contributed by atoms with van der Waals surface area (Å²) in [7, 11) is 0. The van der Waals surface area contributed by atoms with Crippen LogP contribution in [-0.4, -0.2) is 5.78 Å². The third-order valence-corrected chi connectivity index (χ3v) is 3.48. The van der Waals surface area contributed by atoms with Crippen molar-refractivity contribution in [2.45, 2.75) is 0 Å². The largest absolute Gasteiger partial charge is 0.289 e. The number of carbonyl (C=O) groups excluding carboxylic acids is 1. The van der Waals surface area contributed by atoms with Gasteiger partial charge in [0.1, 0.15) is 10.2 Å². The summed E-state index contributed by atoms with van der Waals surface area (Å²) in [6.07, 6.45) is 0. The van der Waals surface area contributed by atoms with Crippen LogP contribution >= 0.6 is 34.5 Å². The third kappa shape index (κ3) is 2.26. The van der Waals surface area contributed by atoms with Gasteiger partial charge in [0.05, 0.1) is 9.90 Å². The average Bonchev–Trinajstić information content (AvgIpc) is 2.57. The lowest BCUT2D eigenvalue weighted by Crippen LogP contribution is -2.00. The number of hydrogen-bond donors (Lipinski definition) is 0. The molecular formula is C11H5Cl2FOS. The van der Waals surface area contributed by atoms with Crippen LogP contribution in [0.5, 0.6) is 0 Å². The van der Waals surface area contributed by atoms with Crippen LogP contribution in [0.4, 0.5) is 4.39 Å². The standard InChI is InChI=1S/C11H5Cl2FOS/c12-9-5-8(11(13)16-9)10(15)6-2-1-3-7(14)4-6/h1-5H. The highest BCUT2D eigenvalue weighted by Gasteiger charge is 2.16. The van der Waals surface area contributed by atoms with Gasteiger partial charge in [-0.3, -0.25) is 4.79 Å². The van der Waals surface area contributed by atoms with Crippen LogP contribution in [0.25, 0.3) is 0 Å². The number of benzene rings is 1. The van der Waals surface area contributed by atoms with Crippen LogP contribution in [0.3, 0.4) is 0 Å². The number of halogens is 3. The summed E-state index contributed by atoms with van der Waals surface area (Å²) in [6, 6.07) is 6.95. The van der Waals surface area contributed by atoms with E-state index in [9.17, 15) is 9.18 Å². The van der Waals surface area contributed by atoms with Crippen LogP contribution in [0.1, 0.15) is 15.9 Å². The van der Waals surface area contributed by atoms with Crippen molar-refractivity contribution in [1.82, 2.24) is 0 Å². The fourth-order valence-electron chi connectivity index (χ4n) is 1.28. The molecule has 0 saturated carbocycles. The van der Waals surface area contributed by atoms with Gasteiger partial charge in [0.15, 0.2) is 5.78 Å². The second-order valence-corrected chi connectivity index (χ2v) is 5.36. The van der Waals surface area contributed by atoms with E-state index in [0.717, 1.165) is 11.3 Å². The molecule has 0 fully saturated rings. The molecule has 0 aliphatic heterocycles. The number of ketones is 1. The van der Waals surface area contributed by atoms with E-state index in [1.165, 1.54) is 30.3 Å². The Morgan fingerprint density at radius 1 is 1.25 bits per heavy atom. The Kier molecular flexibility index (Phi) is 3.28. The third-order valence-electron chi connectivity index (χ3n) is 1.99. The Bertz CT molecular complexity index is 551. The lowest BCUT2D eigenvalue weighted by atomic mass is 10.1. The summed E-state index contributed by atoms with van der Waals surface area (Å²) >= 11 is 12.7. The number of carbonyl (C=O) groups is 1. The smallest absolute Gasteiger partial charge is 0.195 e. The molecule has 0 bridgehead atoms. The van der Waals surface area contributed by atoms with Gasteiger partial charge in [-0.2, -0.15) is 0 Å². The van der Waals surface area contributed by atoms with Gasteiger partial charge in [0.2, 0.25) is 0 Å². The van der Waals surface area contributed by atoms with E-state index in [1.54, 1.807) is 0 Å². The van der Waals surface area contributed by atoms with Gasteiger partial charge in [-0.15, -0.1) is 11.3 Å². The van der Waals surface area contributed by atoms with Crippen molar-refractivity contribution in [3.8, 4) is 0 Å². The van der Waals surface area contributed by atoms with E-state index in [2.05, 4.69) is 0 Å². The minimum Gasteiger partial charge on any atom is -0.289 e. The predicted octanol–water partition coefficient (Wildman–Crippen LogP) is 4.43. The Morgan fingerprint density at radius 3 is 2.56 bits per heavy atom. The molecule has 1 nitrogen and oxygen atoms in total. The molecule has 0 N–H and O–H groups in total. The van der Waals surface area contributed by atoms with E-state index in [1.807, 2.05) is 0 Å². The van der Waals surface area contributed by atoms with Crippen LogP contribution in [0.2, 0.25) is 8.67 Å². The van der Waals surface area contributed by atoms with E-state index in [-0.39, 0.29) is 11.3 Å². The topological polar surface area (TPSA) is 17.1 Å². The fraction of sp³-hybridized carbons (Fsp3) is 0. The summed E-state index contributed by atoms with van der Waals surface area (Å²) < 4.78 is 13.7. The van der Waals surface area contributed by atoms with Gasteiger partial charge in [0.25, 0.3) is 0 Å². The number of thiophene rings is 1. The number of rotatable bonds is 2. The second-order valence-electron chi connectivity index (χ2n) is 3.08. The monoisotopic (exact) mass is 274 g/mol. The first-order valence-corrected chi connectivity index (χ1v) is 5.90. The first-order valence-electron chi connectivity index (χ1n) is 4.33. The van der Waals surface area contributed by atoms with Crippen molar-refractivity contribution in [3.63, 3.8) is 0 Å². The van der Waals surface area contributed by atoms with E-state index in [0.29, 0.717) is 14.2 Å². The summed E-state index contributed by atoms with van der Waals surface area (Å²) in [5.41, 5.74) is 0.568. The Morgan fingerprint density at radius 2 is 2.00 bits per heavy atom. The Hall–Kier alpha value is -0.900. The first-order chi connectivity index (χ1) is 7.58. The maximum atomic E-state index is 12.9. The summed E-state index contributed by atoms with van der Waals surface area (Å²) in [5.74, 6) is -0.782. The average molecular weight is 275 g/mol. The molecule has 16 heavy (non-hydrogen) atoms. The van der Waals surface area contributed by atoms with Gasteiger partial charge < -0.3 is 0 Å². The molecule has 1 aromatic carbocycles. The second kappa shape index (κ2) is 4.53. The molecule has 0 amide bonds. The van der Waals surface area contributed by atoms with Crippen LogP contribution < -0.4 is 0 Å². The maximum absolute atomic E-state index is 12.9. The molecule has 0 spiro atoms. The Balaban J connectivity index is 2.43.